The zero-order chi connectivity index (χ0) is 16.9. The molecular weight excluding hydrogens is 306 g/mol. The van der Waals surface area contributed by atoms with E-state index < -0.39 is 0 Å². The van der Waals surface area contributed by atoms with Crippen molar-refractivity contribution in [1.29, 1.82) is 0 Å². The number of aliphatic hydroxyl groups excluding tert-OH is 1. The van der Waals surface area contributed by atoms with Gasteiger partial charge in [0.15, 0.2) is 12.1 Å². The smallest absolute Gasteiger partial charge is 0.273 e. The highest BCUT2D eigenvalue weighted by Crippen LogP contribution is 2.20. The predicted molar refractivity (Wildman–Crippen MR) is 89.4 cm³/mol. The van der Waals surface area contributed by atoms with Gasteiger partial charge in [0, 0.05) is 31.7 Å². The number of hydrogen-bond donors (Lipinski definition) is 2. The van der Waals surface area contributed by atoms with Crippen molar-refractivity contribution >= 4 is 5.91 Å². The standard InChI is InChI=1S/C18H23N3O3/c1-13-17(19-12-24-13)18(23)20-16-10-21(8-7-15(16)11-22)9-14-5-3-2-4-6-14/h2-6,12,15-16,22H,7-11H2,1H3,(H,20,23)/t15-,16-/m0/s1. The summed E-state index contributed by atoms with van der Waals surface area (Å²) in [5.41, 5.74) is 1.56. The van der Waals surface area contributed by atoms with Gasteiger partial charge in [-0.2, -0.15) is 0 Å². The van der Waals surface area contributed by atoms with E-state index in [4.69, 9.17) is 4.42 Å². The summed E-state index contributed by atoms with van der Waals surface area (Å²) in [6.45, 7) is 4.25. The Morgan fingerprint density at radius 1 is 1.42 bits per heavy atom. The van der Waals surface area contributed by atoms with Crippen LogP contribution in [0.5, 0.6) is 0 Å². The Bertz CT molecular complexity index is 671. The van der Waals surface area contributed by atoms with E-state index in [0.29, 0.717) is 18.0 Å². The Morgan fingerprint density at radius 2 is 2.21 bits per heavy atom. The third-order valence-electron chi connectivity index (χ3n) is 4.60. The van der Waals surface area contributed by atoms with E-state index in [2.05, 4.69) is 27.3 Å². The number of amides is 1. The lowest BCUT2D eigenvalue weighted by Crippen LogP contribution is -2.53. The molecule has 1 aromatic heterocycles. The summed E-state index contributed by atoms with van der Waals surface area (Å²) in [4.78, 5) is 18.7. The van der Waals surface area contributed by atoms with Gasteiger partial charge in [0.2, 0.25) is 0 Å². The third-order valence-corrected chi connectivity index (χ3v) is 4.60. The fourth-order valence-electron chi connectivity index (χ4n) is 3.20. The lowest BCUT2D eigenvalue weighted by Gasteiger charge is -2.38. The number of likely N-dealkylation sites (tertiary alicyclic amines) is 1. The molecule has 0 bridgehead atoms. The second-order valence-electron chi connectivity index (χ2n) is 6.29. The summed E-state index contributed by atoms with van der Waals surface area (Å²) in [7, 11) is 0. The summed E-state index contributed by atoms with van der Waals surface area (Å²) in [5.74, 6) is 0.324. The van der Waals surface area contributed by atoms with Crippen LogP contribution >= 0.6 is 0 Å². The van der Waals surface area contributed by atoms with Gasteiger partial charge in [-0.15, -0.1) is 0 Å². The fraction of sp³-hybridized carbons (Fsp3) is 0.444. The Labute approximate surface area is 141 Å². The van der Waals surface area contributed by atoms with Gasteiger partial charge in [-0.05, 0) is 25.5 Å². The molecular formula is C18H23N3O3. The molecule has 1 aliphatic rings. The van der Waals surface area contributed by atoms with Gasteiger partial charge in [0.25, 0.3) is 5.91 Å². The molecule has 24 heavy (non-hydrogen) atoms. The maximum Gasteiger partial charge on any atom is 0.273 e. The van der Waals surface area contributed by atoms with Crippen molar-refractivity contribution < 1.29 is 14.3 Å². The fourth-order valence-corrected chi connectivity index (χ4v) is 3.20. The second kappa shape index (κ2) is 7.59. The molecule has 0 aliphatic carbocycles. The number of nitrogens with zero attached hydrogens (tertiary/aromatic N) is 2. The first kappa shape index (κ1) is 16.7. The van der Waals surface area contributed by atoms with Crippen LogP contribution in [0.2, 0.25) is 0 Å². The Balaban J connectivity index is 1.65. The van der Waals surface area contributed by atoms with E-state index in [0.717, 1.165) is 19.5 Å². The van der Waals surface area contributed by atoms with E-state index in [-0.39, 0.29) is 24.5 Å². The average molecular weight is 329 g/mol. The molecule has 6 heteroatoms. The van der Waals surface area contributed by atoms with E-state index in [1.165, 1.54) is 12.0 Å². The molecule has 128 valence electrons. The predicted octanol–water partition coefficient (Wildman–Crippen LogP) is 1.60. The first-order chi connectivity index (χ1) is 11.7. The number of nitrogens with one attached hydrogen (secondary N) is 1. The molecule has 2 atom stereocenters. The zero-order valence-electron chi connectivity index (χ0n) is 13.8. The van der Waals surface area contributed by atoms with Crippen molar-refractivity contribution in [3.05, 3.63) is 53.7 Å². The van der Waals surface area contributed by atoms with Crippen LogP contribution in [0.25, 0.3) is 0 Å². The molecule has 0 radical (unpaired) electrons. The minimum atomic E-state index is -0.244. The molecule has 0 unspecified atom stereocenters. The van der Waals surface area contributed by atoms with Crippen molar-refractivity contribution in [3.63, 3.8) is 0 Å². The van der Waals surface area contributed by atoms with Crippen LogP contribution in [0.15, 0.2) is 41.1 Å². The van der Waals surface area contributed by atoms with E-state index in [9.17, 15) is 9.90 Å². The van der Waals surface area contributed by atoms with Gasteiger partial charge in [-0.1, -0.05) is 30.3 Å². The molecule has 1 aliphatic heterocycles. The number of aryl methyl sites for hydroxylation is 1. The second-order valence-corrected chi connectivity index (χ2v) is 6.29. The summed E-state index contributed by atoms with van der Waals surface area (Å²) in [5, 5.41) is 12.6. The third kappa shape index (κ3) is 3.83. The molecule has 1 aromatic carbocycles. The number of aliphatic hydroxyl groups is 1. The maximum atomic E-state index is 12.4. The molecule has 2 heterocycles. The van der Waals surface area contributed by atoms with Crippen LogP contribution in [0.1, 0.15) is 28.2 Å². The van der Waals surface area contributed by atoms with Crippen molar-refractivity contribution in [2.45, 2.75) is 25.9 Å². The largest absolute Gasteiger partial charge is 0.448 e. The van der Waals surface area contributed by atoms with Crippen molar-refractivity contribution in [2.75, 3.05) is 19.7 Å². The first-order valence-electron chi connectivity index (χ1n) is 8.25. The summed E-state index contributed by atoms with van der Waals surface area (Å²) in [6.07, 6.45) is 2.13. The number of oxazole rings is 1. The minimum Gasteiger partial charge on any atom is -0.448 e. The topological polar surface area (TPSA) is 78.6 Å². The number of piperidine rings is 1. The number of carbonyl (C=O) groups excluding carboxylic acids is 1. The van der Waals surface area contributed by atoms with Gasteiger partial charge in [-0.3, -0.25) is 9.69 Å². The van der Waals surface area contributed by atoms with Gasteiger partial charge >= 0.3 is 0 Å². The highest BCUT2D eigenvalue weighted by atomic mass is 16.3. The molecule has 0 spiro atoms. The molecule has 0 saturated carbocycles. The average Bonchev–Trinajstić information content (AvgIpc) is 3.02. The van der Waals surface area contributed by atoms with Crippen LogP contribution in [-0.4, -0.2) is 46.6 Å². The number of rotatable bonds is 5. The van der Waals surface area contributed by atoms with Crippen molar-refractivity contribution in [2.24, 2.45) is 5.92 Å². The van der Waals surface area contributed by atoms with Crippen molar-refractivity contribution in [3.8, 4) is 0 Å². The lowest BCUT2D eigenvalue weighted by molar-refractivity contribution is 0.0726. The van der Waals surface area contributed by atoms with Crippen LogP contribution in [0, 0.1) is 12.8 Å². The number of carbonyl (C=O) groups is 1. The molecule has 3 rings (SSSR count). The van der Waals surface area contributed by atoms with Gasteiger partial charge in [0.1, 0.15) is 5.76 Å². The molecule has 2 aromatic rings. The van der Waals surface area contributed by atoms with Crippen LogP contribution in [-0.2, 0) is 6.54 Å². The van der Waals surface area contributed by atoms with Crippen LogP contribution in [0.3, 0.4) is 0 Å². The highest BCUT2D eigenvalue weighted by Gasteiger charge is 2.31. The molecule has 2 N–H and O–H groups in total. The van der Waals surface area contributed by atoms with Crippen LogP contribution in [0.4, 0.5) is 0 Å². The SMILES string of the molecule is Cc1ocnc1C(=O)N[C@H]1CN(Cc2ccccc2)CC[C@H]1CO. The van der Waals surface area contributed by atoms with E-state index in [1.807, 2.05) is 18.2 Å². The quantitative estimate of drug-likeness (QED) is 0.871. The summed E-state index contributed by atoms with van der Waals surface area (Å²) in [6, 6.07) is 10.2. The minimum absolute atomic E-state index is 0.0631. The number of benzene rings is 1. The Kier molecular flexibility index (Phi) is 5.27. The molecule has 1 amide bonds. The monoisotopic (exact) mass is 329 g/mol. The summed E-state index contributed by atoms with van der Waals surface area (Å²) < 4.78 is 5.10. The molecule has 1 fully saturated rings. The number of aromatic nitrogens is 1. The Hall–Kier alpha value is -2.18. The molecule has 6 nitrogen and oxygen atoms in total. The first-order valence-corrected chi connectivity index (χ1v) is 8.25. The zero-order valence-corrected chi connectivity index (χ0v) is 13.8. The molecule has 1 saturated heterocycles. The van der Waals surface area contributed by atoms with Crippen molar-refractivity contribution in [1.82, 2.24) is 15.2 Å². The Morgan fingerprint density at radius 3 is 2.88 bits per heavy atom. The lowest BCUT2D eigenvalue weighted by atomic mass is 9.91. The van der Waals surface area contributed by atoms with Gasteiger partial charge < -0.3 is 14.8 Å². The van der Waals surface area contributed by atoms with Gasteiger partial charge in [-0.25, -0.2) is 4.98 Å². The van der Waals surface area contributed by atoms with Gasteiger partial charge in [0.05, 0.1) is 0 Å². The number of hydrogen-bond acceptors (Lipinski definition) is 5. The van der Waals surface area contributed by atoms with E-state index in [1.54, 1.807) is 6.92 Å². The highest BCUT2D eigenvalue weighted by molar-refractivity contribution is 5.93. The normalized spacial score (nSPS) is 21.6. The van der Waals surface area contributed by atoms with Crippen LogP contribution < -0.4 is 5.32 Å². The maximum absolute atomic E-state index is 12.4. The summed E-state index contributed by atoms with van der Waals surface area (Å²) >= 11 is 0. The van der Waals surface area contributed by atoms with E-state index >= 15 is 0 Å².